The van der Waals surface area contributed by atoms with Crippen molar-refractivity contribution in [3.63, 3.8) is 0 Å². The number of hydrogen-bond donors (Lipinski definition) is 3. The maximum absolute atomic E-state index is 13.1. The van der Waals surface area contributed by atoms with Gasteiger partial charge in [0.15, 0.2) is 14.9 Å². The average Bonchev–Trinajstić information content (AvgIpc) is 3.02. The van der Waals surface area contributed by atoms with Crippen molar-refractivity contribution in [2.45, 2.75) is 63.9 Å². The second-order valence-electron chi connectivity index (χ2n) is 8.83. The van der Waals surface area contributed by atoms with E-state index in [-0.39, 0.29) is 22.9 Å². The molecule has 170 valence electrons. The highest BCUT2D eigenvalue weighted by molar-refractivity contribution is 7.91. The van der Waals surface area contributed by atoms with Gasteiger partial charge in [0.05, 0.1) is 5.69 Å². The topological polar surface area (TPSA) is 103 Å². The number of aromatic nitrogens is 2. The molecule has 1 aliphatic heterocycles. The molecular weight excluding hydrogens is 412 g/mol. The number of rotatable bonds is 7. The Bertz CT molecular complexity index is 1030. The fourth-order valence-corrected chi connectivity index (χ4v) is 4.86. The van der Waals surface area contributed by atoms with Gasteiger partial charge in [-0.05, 0) is 36.3 Å². The molecule has 9 heteroatoms. The van der Waals surface area contributed by atoms with Gasteiger partial charge in [-0.25, -0.2) is 18.5 Å². The smallest absolute Gasteiger partial charge is 0.307 e. The first-order valence-corrected chi connectivity index (χ1v) is 12.4. The van der Waals surface area contributed by atoms with E-state index in [1.54, 1.807) is 17.8 Å². The van der Waals surface area contributed by atoms with Crippen LogP contribution in [0.4, 0.5) is 10.5 Å². The van der Waals surface area contributed by atoms with Crippen molar-refractivity contribution in [3.8, 4) is 0 Å². The lowest BCUT2D eigenvalue weighted by atomic mass is 9.93. The molecule has 3 N–H and O–H groups in total. The minimum atomic E-state index is -3.61. The number of aryl methyl sites for hydroxylation is 1. The summed E-state index contributed by atoms with van der Waals surface area (Å²) in [5, 5.41) is 7.20. The summed E-state index contributed by atoms with van der Waals surface area (Å²) in [7, 11) is -1.83. The minimum absolute atomic E-state index is 0.0637. The Labute approximate surface area is 185 Å². The van der Waals surface area contributed by atoms with Crippen molar-refractivity contribution in [1.82, 2.24) is 19.4 Å². The van der Waals surface area contributed by atoms with Gasteiger partial charge in [0.25, 0.3) is 0 Å². The Balaban J connectivity index is 1.81. The standard InChI is InChI=1S/C22H34N6O2S/c1-14(2)17-9-7-10-18(15(3)4)21(17)24-22(29)26-31(23,30)20-13-19(27(6)25-20)16(5)28-11-8-12-28/h7,9-10,13-16H,8,11-12H2,1-6H3,(H3,23,24,26,29,30). The maximum Gasteiger partial charge on any atom is 0.332 e. The van der Waals surface area contributed by atoms with Gasteiger partial charge < -0.3 is 5.32 Å². The Morgan fingerprint density at radius 3 is 2.19 bits per heavy atom. The largest absolute Gasteiger partial charge is 0.332 e. The van der Waals surface area contributed by atoms with E-state index in [2.05, 4.69) is 54.7 Å². The number of nitrogens with zero attached hydrogens (tertiary/aromatic N) is 3. The van der Waals surface area contributed by atoms with E-state index in [0.717, 1.165) is 29.9 Å². The number of para-hydroxylation sites is 1. The quantitative estimate of drug-likeness (QED) is 0.579. The van der Waals surface area contributed by atoms with E-state index < -0.39 is 15.9 Å². The Morgan fingerprint density at radius 1 is 1.13 bits per heavy atom. The van der Waals surface area contributed by atoms with E-state index in [4.69, 9.17) is 4.78 Å². The number of amides is 2. The van der Waals surface area contributed by atoms with Gasteiger partial charge in [0, 0.05) is 37.9 Å². The molecule has 0 aliphatic carbocycles. The van der Waals surface area contributed by atoms with Crippen LogP contribution >= 0.6 is 0 Å². The van der Waals surface area contributed by atoms with Gasteiger partial charge in [-0.2, -0.15) is 5.10 Å². The summed E-state index contributed by atoms with van der Waals surface area (Å²) < 4.78 is 25.4. The predicted molar refractivity (Wildman–Crippen MR) is 124 cm³/mol. The zero-order valence-corrected chi connectivity index (χ0v) is 20.0. The number of hydrogen-bond acceptors (Lipinski definition) is 5. The highest BCUT2D eigenvalue weighted by atomic mass is 32.2. The number of carbonyl (C=O) groups is 1. The van der Waals surface area contributed by atoms with Crippen molar-refractivity contribution in [3.05, 3.63) is 41.1 Å². The van der Waals surface area contributed by atoms with Gasteiger partial charge >= 0.3 is 6.03 Å². The molecule has 31 heavy (non-hydrogen) atoms. The molecule has 1 saturated heterocycles. The van der Waals surface area contributed by atoms with Crippen LogP contribution in [0.15, 0.2) is 29.3 Å². The van der Waals surface area contributed by atoms with Crippen LogP contribution in [0.3, 0.4) is 0 Å². The van der Waals surface area contributed by atoms with Crippen LogP contribution in [0.1, 0.15) is 75.7 Å². The molecule has 8 nitrogen and oxygen atoms in total. The third-order valence-corrected chi connectivity index (χ3v) is 7.16. The first-order chi connectivity index (χ1) is 14.5. The average molecular weight is 447 g/mol. The van der Waals surface area contributed by atoms with E-state index in [1.165, 1.54) is 6.42 Å². The summed E-state index contributed by atoms with van der Waals surface area (Å²) in [5.74, 6) is 0.409. The van der Waals surface area contributed by atoms with Crippen LogP contribution < -0.4 is 10.0 Å². The molecule has 2 aromatic rings. The molecule has 0 radical (unpaired) electrons. The lowest BCUT2D eigenvalue weighted by Crippen LogP contribution is -2.39. The molecule has 0 saturated carbocycles. The maximum atomic E-state index is 13.1. The fourth-order valence-electron chi connectivity index (χ4n) is 3.92. The van der Waals surface area contributed by atoms with E-state index >= 15 is 0 Å². The van der Waals surface area contributed by atoms with Crippen molar-refractivity contribution in [1.29, 1.82) is 4.78 Å². The third kappa shape index (κ3) is 4.93. The predicted octanol–water partition coefficient (Wildman–Crippen LogP) is 4.58. The molecule has 0 spiro atoms. The van der Waals surface area contributed by atoms with Crippen molar-refractivity contribution in [2.24, 2.45) is 7.05 Å². The summed E-state index contributed by atoms with van der Waals surface area (Å²) >= 11 is 0. The number of nitrogens with one attached hydrogen (secondary N) is 3. The van der Waals surface area contributed by atoms with Gasteiger partial charge in [0.1, 0.15) is 0 Å². The molecule has 2 unspecified atom stereocenters. The first kappa shape index (κ1) is 23.3. The van der Waals surface area contributed by atoms with Gasteiger partial charge in [-0.1, -0.05) is 45.9 Å². The molecule has 0 bridgehead atoms. The fraction of sp³-hybridized carbons (Fsp3) is 0.545. The van der Waals surface area contributed by atoms with Gasteiger partial charge in [-0.15, -0.1) is 0 Å². The SMILES string of the molecule is CC(C)c1cccc(C(C)C)c1NC(=O)NS(=N)(=O)c1cc(C(C)N2CCC2)n(C)n1. The summed E-state index contributed by atoms with van der Waals surface area (Å²) in [4.78, 5) is 15.1. The van der Waals surface area contributed by atoms with Crippen LogP contribution in [0, 0.1) is 4.78 Å². The van der Waals surface area contributed by atoms with E-state index in [1.807, 2.05) is 18.2 Å². The van der Waals surface area contributed by atoms with Crippen LogP contribution in [0.2, 0.25) is 0 Å². The highest BCUT2D eigenvalue weighted by Gasteiger charge is 2.27. The monoisotopic (exact) mass is 446 g/mol. The number of benzene rings is 1. The Morgan fingerprint density at radius 2 is 1.71 bits per heavy atom. The van der Waals surface area contributed by atoms with Crippen LogP contribution in [-0.4, -0.2) is 38.0 Å². The van der Waals surface area contributed by atoms with E-state index in [0.29, 0.717) is 5.69 Å². The summed E-state index contributed by atoms with van der Waals surface area (Å²) in [5.41, 5.74) is 3.60. The van der Waals surface area contributed by atoms with Gasteiger partial charge in [0.2, 0.25) is 0 Å². The second kappa shape index (κ2) is 9.00. The summed E-state index contributed by atoms with van der Waals surface area (Å²) in [6.45, 7) is 12.4. The first-order valence-electron chi connectivity index (χ1n) is 10.8. The number of carbonyl (C=O) groups excluding carboxylic acids is 1. The van der Waals surface area contributed by atoms with Crippen LogP contribution in [0.5, 0.6) is 0 Å². The van der Waals surface area contributed by atoms with E-state index in [9.17, 15) is 9.00 Å². The molecule has 3 rings (SSSR count). The van der Waals surface area contributed by atoms with Gasteiger partial charge in [-0.3, -0.25) is 9.58 Å². The number of anilines is 1. The normalized spacial score (nSPS) is 17.3. The molecule has 1 fully saturated rings. The van der Waals surface area contributed by atoms with Crippen molar-refractivity contribution < 1.29 is 9.00 Å². The van der Waals surface area contributed by atoms with Crippen LogP contribution in [-0.2, 0) is 17.0 Å². The van der Waals surface area contributed by atoms with Crippen molar-refractivity contribution in [2.75, 3.05) is 18.4 Å². The van der Waals surface area contributed by atoms with Crippen molar-refractivity contribution >= 4 is 21.6 Å². The zero-order chi connectivity index (χ0) is 22.9. The van der Waals surface area contributed by atoms with Crippen LogP contribution in [0.25, 0.3) is 0 Å². The molecular formula is C22H34N6O2S. The second-order valence-corrected chi connectivity index (χ2v) is 10.6. The molecule has 1 aliphatic rings. The summed E-state index contributed by atoms with van der Waals surface area (Å²) in [6.07, 6.45) is 1.17. The number of likely N-dealkylation sites (tertiary alicyclic amines) is 1. The summed E-state index contributed by atoms with van der Waals surface area (Å²) in [6, 6.07) is 7.06. The lowest BCUT2D eigenvalue weighted by molar-refractivity contribution is 0.123. The number of urea groups is 1. The molecule has 2 atom stereocenters. The highest BCUT2D eigenvalue weighted by Crippen LogP contribution is 2.32. The molecule has 2 amide bonds. The Kier molecular flexibility index (Phi) is 6.76. The Hall–Kier alpha value is -2.39. The molecule has 2 heterocycles. The lowest BCUT2D eigenvalue weighted by Gasteiger charge is -2.36. The molecule has 1 aromatic heterocycles. The minimum Gasteiger partial charge on any atom is -0.307 e. The molecule has 1 aromatic carbocycles. The zero-order valence-electron chi connectivity index (χ0n) is 19.2. The third-order valence-electron chi connectivity index (χ3n) is 5.90.